The van der Waals surface area contributed by atoms with Crippen LogP contribution in [0.3, 0.4) is 0 Å². The van der Waals surface area contributed by atoms with Gasteiger partial charge in [-0.25, -0.2) is 4.98 Å². The summed E-state index contributed by atoms with van der Waals surface area (Å²) < 4.78 is 0. The highest BCUT2D eigenvalue weighted by Gasteiger charge is 2.66. The minimum atomic E-state index is -0.865. The van der Waals surface area contributed by atoms with Gasteiger partial charge in [0, 0.05) is 25.4 Å². The van der Waals surface area contributed by atoms with Crippen molar-refractivity contribution in [1.29, 1.82) is 0 Å². The molecule has 0 radical (unpaired) electrons. The number of aryl methyl sites for hydroxylation is 1. The van der Waals surface area contributed by atoms with Crippen molar-refractivity contribution in [3.05, 3.63) is 11.6 Å². The normalized spacial score (nSPS) is 27.0. The van der Waals surface area contributed by atoms with E-state index in [9.17, 15) is 14.7 Å². The Kier molecular flexibility index (Phi) is 3.90. The number of aromatic amines is 1. The average molecular weight is 320 g/mol. The van der Waals surface area contributed by atoms with E-state index in [0.717, 1.165) is 30.9 Å². The van der Waals surface area contributed by atoms with Crippen molar-refractivity contribution in [2.75, 3.05) is 13.1 Å². The largest absolute Gasteiger partial charge is 0.481 e. The number of piperidine rings is 1. The second-order valence-corrected chi connectivity index (χ2v) is 7.21. The van der Waals surface area contributed by atoms with Gasteiger partial charge in [0.05, 0.1) is 11.8 Å². The van der Waals surface area contributed by atoms with E-state index in [-0.39, 0.29) is 17.7 Å². The molecule has 7 heteroatoms. The smallest absolute Gasteiger partial charge is 0.307 e. The van der Waals surface area contributed by atoms with E-state index in [1.807, 2.05) is 25.7 Å². The number of aliphatic carboxylic acids is 1. The van der Waals surface area contributed by atoms with Gasteiger partial charge in [-0.3, -0.25) is 14.7 Å². The number of nitrogens with one attached hydrogen (secondary N) is 1. The fraction of sp³-hybridized carbons (Fsp3) is 0.750. The number of carbonyl (C=O) groups excluding carboxylic acids is 1. The van der Waals surface area contributed by atoms with Crippen molar-refractivity contribution >= 4 is 11.9 Å². The second kappa shape index (κ2) is 5.62. The first kappa shape index (κ1) is 16.0. The molecule has 2 aliphatic rings. The first-order valence-corrected chi connectivity index (χ1v) is 8.29. The molecule has 2 atom stereocenters. The van der Waals surface area contributed by atoms with Crippen LogP contribution in [-0.2, 0) is 16.0 Å². The topological polar surface area (TPSA) is 99.2 Å². The Balaban J connectivity index is 1.59. The van der Waals surface area contributed by atoms with E-state index in [1.165, 1.54) is 0 Å². The summed E-state index contributed by atoms with van der Waals surface area (Å²) >= 11 is 0. The highest BCUT2D eigenvalue weighted by atomic mass is 16.4. The fourth-order valence-electron chi connectivity index (χ4n) is 3.77. The second-order valence-electron chi connectivity index (χ2n) is 7.21. The molecule has 0 bridgehead atoms. The fourth-order valence-corrected chi connectivity index (χ4v) is 3.77. The van der Waals surface area contributed by atoms with Gasteiger partial charge < -0.3 is 10.0 Å². The quantitative estimate of drug-likeness (QED) is 0.874. The van der Waals surface area contributed by atoms with E-state index < -0.39 is 17.3 Å². The molecule has 126 valence electrons. The number of hydrogen-bond acceptors (Lipinski definition) is 4. The standard InChI is InChI=1S/C16H24N4O3/c1-4-10-17-13(19-18-10)9-5-7-20(8-6-9)14(21)11-12(15(22)23)16(11,2)3/h9,11-12H,4-8H2,1-3H3,(H,22,23)(H,17,18,19)/t11-,12+/m0/s1. The van der Waals surface area contributed by atoms with Gasteiger partial charge in [0.1, 0.15) is 5.82 Å². The average Bonchev–Trinajstić information content (AvgIpc) is 2.88. The highest BCUT2D eigenvalue weighted by molar-refractivity contribution is 5.91. The third-order valence-electron chi connectivity index (χ3n) is 5.42. The number of rotatable bonds is 4. The van der Waals surface area contributed by atoms with Crippen LogP contribution in [0.15, 0.2) is 0 Å². The zero-order valence-corrected chi connectivity index (χ0v) is 13.9. The molecule has 23 heavy (non-hydrogen) atoms. The number of aromatic nitrogens is 3. The predicted octanol–water partition coefficient (Wildman–Crippen LogP) is 1.43. The first-order chi connectivity index (χ1) is 10.9. The Labute approximate surface area is 135 Å². The van der Waals surface area contributed by atoms with Gasteiger partial charge in [-0.15, -0.1) is 0 Å². The monoisotopic (exact) mass is 320 g/mol. The molecule has 3 rings (SSSR count). The molecule has 0 unspecified atom stereocenters. The Morgan fingerprint density at radius 3 is 2.43 bits per heavy atom. The molecule has 1 amide bonds. The molecule has 2 heterocycles. The van der Waals surface area contributed by atoms with Crippen LogP contribution >= 0.6 is 0 Å². The van der Waals surface area contributed by atoms with E-state index >= 15 is 0 Å². The van der Waals surface area contributed by atoms with E-state index in [0.29, 0.717) is 13.1 Å². The lowest BCUT2D eigenvalue weighted by atomic mass is 9.95. The third kappa shape index (κ3) is 2.72. The number of likely N-dealkylation sites (tertiary alicyclic amines) is 1. The number of carboxylic acid groups (broad SMARTS) is 1. The van der Waals surface area contributed by atoms with Crippen LogP contribution in [0, 0.1) is 17.3 Å². The van der Waals surface area contributed by atoms with Crippen LogP contribution in [0.25, 0.3) is 0 Å². The zero-order valence-electron chi connectivity index (χ0n) is 13.9. The van der Waals surface area contributed by atoms with Crippen molar-refractivity contribution in [2.45, 2.75) is 46.0 Å². The number of carbonyl (C=O) groups is 2. The van der Waals surface area contributed by atoms with Gasteiger partial charge >= 0.3 is 5.97 Å². The van der Waals surface area contributed by atoms with Crippen LogP contribution < -0.4 is 0 Å². The molecule has 1 saturated heterocycles. The minimum Gasteiger partial charge on any atom is -0.481 e. The SMILES string of the molecule is CCc1nc(C2CCN(C(=O)[C@@H]3[C@H](C(=O)O)C3(C)C)CC2)n[nH]1. The Hall–Kier alpha value is -1.92. The lowest BCUT2D eigenvalue weighted by molar-refractivity contribution is -0.142. The van der Waals surface area contributed by atoms with Crippen molar-refractivity contribution < 1.29 is 14.7 Å². The van der Waals surface area contributed by atoms with Crippen molar-refractivity contribution in [3.63, 3.8) is 0 Å². The summed E-state index contributed by atoms with van der Waals surface area (Å²) in [6.07, 6.45) is 2.49. The van der Waals surface area contributed by atoms with Gasteiger partial charge in [0.2, 0.25) is 5.91 Å². The number of H-pyrrole nitrogens is 1. The molecule has 1 aliphatic carbocycles. The van der Waals surface area contributed by atoms with Gasteiger partial charge in [0.15, 0.2) is 5.82 Å². The van der Waals surface area contributed by atoms with Crippen molar-refractivity contribution in [2.24, 2.45) is 17.3 Å². The molecule has 7 nitrogen and oxygen atoms in total. The summed E-state index contributed by atoms with van der Waals surface area (Å²) in [5, 5.41) is 16.4. The van der Waals surface area contributed by atoms with Gasteiger partial charge in [-0.05, 0) is 18.3 Å². The molecule has 1 aliphatic heterocycles. The van der Waals surface area contributed by atoms with Gasteiger partial charge in [0.25, 0.3) is 0 Å². The molecular formula is C16H24N4O3. The van der Waals surface area contributed by atoms with Crippen molar-refractivity contribution in [1.82, 2.24) is 20.1 Å². The van der Waals surface area contributed by atoms with Crippen LogP contribution in [0.4, 0.5) is 0 Å². The number of amides is 1. The molecular weight excluding hydrogens is 296 g/mol. The Bertz CT molecular complexity index is 617. The maximum absolute atomic E-state index is 12.6. The highest BCUT2D eigenvalue weighted by Crippen LogP contribution is 2.59. The van der Waals surface area contributed by atoms with Crippen molar-refractivity contribution in [3.8, 4) is 0 Å². The number of nitrogens with zero attached hydrogens (tertiary/aromatic N) is 3. The summed E-state index contributed by atoms with van der Waals surface area (Å²) in [6, 6.07) is 0. The number of hydrogen-bond donors (Lipinski definition) is 2. The Morgan fingerprint density at radius 2 is 1.96 bits per heavy atom. The zero-order chi connectivity index (χ0) is 16.8. The third-order valence-corrected chi connectivity index (χ3v) is 5.42. The maximum Gasteiger partial charge on any atom is 0.307 e. The van der Waals surface area contributed by atoms with Crippen LogP contribution in [0.5, 0.6) is 0 Å². The molecule has 2 N–H and O–H groups in total. The lowest BCUT2D eigenvalue weighted by Crippen LogP contribution is -2.40. The molecule has 0 spiro atoms. The Morgan fingerprint density at radius 1 is 1.30 bits per heavy atom. The predicted molar refractivity (Wildman–Crippen MR) is 82.7 cm³/mol. The minimum absolute atomic E-state index is 0.00918. The van der Waals surface area contributed by atoms with Crippen LogP contribution in [0.1, 0.15) is 51.2 Å². The molecule has 1 aromatic heterocycles. The summed E-state index contributed by atoms with van der Waals surface area (Å²) in [4.78, 5) is 30.2. The molecule has 0 aromatic carbocycles. The van der Waals surface area contributed by atoms with E-state index in [4.69, 9.17) is 0 Å². The van der Waals surface area contributed by atoms with Gasteiger partial charge in [-0.2, -0.15) is 5.10 Å². The summed E-state index contributed by atoms with van der Waals surface area (Å²) in [5.41, 5.74) is -0.431. The van der Waals surface area contributed by atoms with Crippen LogP contribution in [0.2, 0.25) is 0 Å². The molecule has 1 saturated carbocycles. The van der Waals surface area contributed by atoms with E-state index in [1.54, 1.807) is 0 Å². The summed E-state index contributed by atoms with van der Waals surface area (Å²) in [7, 11) is 0. The number of carboxylic acids is 1. The molecule has 1 aromatic rings. The maximum atomic E-state index is 12.6. The lowest BCUT2D eigenvalue weighted by Gasteiger charge is -2.31. The van der Waals surface area contributed by atoms with E-state index in [2.05, 4.69) is 15.2 Å². The van der Waals surface area contributed by atoms with Gasteiger partial charge in [-0.1, -0.05) is 20.8 Å². The summed E-state index contributed by atoms with van der Waals surface area (Å²) in [5.74, 6) is 0.200. The van der Waals surface area contributed by atoms with Crippen LogP contribution in [-0.4, -0.2) is 50.2 Å². The summed E-state index contributed by atoms with van der Waals surface area (Å²) in [6.45, 7) is 7.06. The molecule has 2 fully saturated rings. The first-order valence-electron chi connectivity index (χ1n) is 8.29.